The molecule has 31 heavy (non-hydrogen) atoms. The second kappa shape index (κ2) is 6.81. The first-order chi connectivity index (χ1) is 14.7. The summed E-state index contributed by atoms with van der Waals surface area (Å²) < 4.78 is 13.3. The first-order valence-corrected chi connectivity index (χ1v) is 13.1. The van der Waals surface area contributed by atoms with Crippen molar-refractivity contribution in [2.45, 2.75) is 103 Å². The summed E-state index contributed by atoms with van der Waals surface area (Å²) in [7, 11) is 0. The van der Waals surface area contributed by atoms with Gasteiger partial charge in [0.1, 0.15) is 0 Å². The summed E-state index contributed by atoms with van der Waals surface area (Å²) in [5.74, 6) is 2.57. The molecule has 4 aliphatic carbocycles. The molecule has 4 nitrogen and oxygen atoms in total. The molecule has 5 fully saturated rings. The predicted octanol–water partition coefficient (Wildman–Crippen LogP) is 4.68. The van der Waals surface area contributed by atoms with Crippen LogP contribution in [0.4, 0.5) is 0 Å². The molecule has 174 valence electrons. The third kappa shape index (κ3) is 2.74. The van der Waals surface area contributed by atoms with E-state index in [9.17, 15) is 10.2 Å². The lowest BCUT2D eigenvalue weighted by Gasteiger charge is -2.60. The van der Waals surface area contributed by atoms with E-state index in [1.807, 2.05) is 0 Å². The van der Waals surface area contributed by atoms with Gasteiger partial charge < -0.3 is 19.7 Å². The van der Waals surface area contributed by atoms with Crippen LogP contribution in [0.3, 0.4) is 0 Å². The Morgan fingerprint density at radius 3 is 2.61 bits per heavy atom. The van der Waals surface area contributed by atoms with Gasteiger partial charge in [-0.15, -0.1) is 0 Å². The molecule has 0 aromatic carbocycles. The van der Waals surface area contributed by atoms with Gasteiger partial charge in [-0.3, -0.25) is 0 Å². The second-order valence-electron chi connectivity index (χ2n) is 12.8. The zero-order valence-electron chi connectivity index (χ0n) is 19.8. The van der Waals surface area contributed by atoms with Crippen LogP contribution in [0.15, 0.2) is 11.6 Å². The molecule has 0 unspecified atom stereocenters. The third-order valence-electron chi connectivity index (χ3n) is 11.3. The van der Waals surface area contributed by atoms with Crippen LogP contribution in [0.25, 0.3) is 0 Å². The molecule has 6 rings (SSSR count). The number of allylic oxidation sites excluding steroid dienone is 1. The molecule has 0 amide bonds. The van der Waals surface area contributed by atoms with Crippen LogP contribution in [-0.4, -0.2) is 40.9 Å². The Morgan fingerprint density at radius 2 is 1.87 bits per heavy atom. The predicted molar refractivity (Wildman–Crippen MR) is 119 cm³/mol. The third-order valence-corrected chi connectivity index (χ3v) is 11.3. The van der Waals surface area contributed by atoms with Crippen molar-refractivity contribution in [1.82, 2.24) is 0 Å². The lowest BCUT2D eigenvalue weighted by molar-refractivity contribution is -0.273. The zero-order valence-corrected chi connectivity index (χ0v) is 19.8. The van der Waals surface area contributed by atoms with Crippen molar-refractivity contribution in [3.63, 3.8) is 0 Å². The second-order valence-corrected chi connectivity index (χ2v) is 12.8. The Bertz CT molecular complexity index is 769. The van der Waals surface area contributed by atoms with E-state index >= 15 is 0 Å². The molecule has 6 aliphatic rings. The molecule has 3 saturated carbocycles. The van der Waals surface area contributed by atoms with Gasteiger partial charge in [0.2, 0.25) is 0 Å². The molecule has 0 bridgehead atoms. The molecule has 0 aromatic heterocycles. The van der Waals surface area contributed by atoms with Gasteiger partial charge in [-0.1, -0.05) is 39.3 Å². The number of aliphatic hydroxyl groups excluding tert-OH is 2. The molecule has 2 saturated heterocycles. The number of aliphatic hydroxyl groups is 2. The van der Waals surface area contributed by atoms with E-state index in [2.05, 4.69) is 33.8 Å². The number of ether oxygens (including phenoxy) is 2. The maximum atomic E-state index is 11.7. The van der Waals surface area contributed by atoms with Gasteiger partial charge in [0.05, 0.1) is 24.9 Å². The fraction of sp³-hybridized carbons (Fsp3) is 0.926. The first kappa shape index (κ1) is 21.1. The molecule has 0 aromatic rings. The molecule has 12 atom stereocenters. The van der Waals surface area contributed by atoms with Gasteiger partial charge >= 0.3 is 0 Å². The van der Waals surface area contributed by atoms with Crippen molar-refractivity contribution in [2.75, 3.05) is 6.61 Å². The van der Waals surface area contributed by atoms with Crippen LogP contribution in [-0.2, 0) is 9.47 Å². The number of hydrogen-bond acceptors (Lipinski definition) is 4. The average molecular weight is 431 g/mol. The minimum Gasteiger partial charge on any atom is -0.393 e. The maximum absolute atomic E-state index is 11.7. The van der Waals surface area contributed by atoms with Crippen LogP contribution >= 0.6 is 0 Å². The van der Waals surface area contributed by atoms with Gasteiger partial charge in [0.25, 0.3) is 0 Å². The molecule has 2 aliphatic heterocycles. The molecule has 2 N–H and O–H groups in total. The lowest BCUT2D eigenvalue weighted by Crippen LogP contribution is -2.57. The fourth-order valence-electron chi connectivity index (χ4n) is 9.79. The quantitative estimate of drug-likeness (QED) is 0.548. The van der Waals surface area contributed by atoms with Crippen molar-refractivity contribution < 1.29 is 19.7 Å². The summed E-state index contributed by atoms with van der Waals surface area (Å²) in [4.78, 5) is 0. The van der Waals surface area contributed by atoms with Crippen molar-refractivity contribution in [3.8, 4) is 0 Å². The normalized spacial score (nSPS) is 60.7. The molecular formula is C27H42O4. The van der Waals surface area contributed by atoms with Crippen molar-refractivity contribution >= 4 is 0 Å². The number of rotatable bonds is 0. The van der Waals surface area contributed by atoms with Crippen molar-refractivity contribution in [1.29, 1.82) is 0 Å². The highest BCUT2D eigenvalue weighted by molar-refractivity contribution is 5.27. The largest absolute Gasteiger partial charge is 0.393 e. The zero-order chi connectivity index (χ0) is 21.8. The lowest BCUT2D eigenvalue weighted by atomic mass is 9.46. The van der Waals surface area contributed by atoms with Gasteiger partial charge in [0.15, 0.2) is 5.79 Å². The highest BCUT2D eigenvalue weighted by Crippen LogP contribution is 2.70. The van der Waals surface area contributed by atoms with Gasteiger partial charge in [-0.25, -0.2) is 0 Å². The van der Waals surface area contributed by atoms with Crippen LogP contribution in [0, 0.1) is 46.3 Å². The molecule has 1 spiro atoms. The first-order valence-electron chi connectivity index (χ1n) is 13.1. The molecule has 2 heterocycles. The van der Waals surface area contributed by atoms with E-state index in [1.54, 1.807) is 0 Å². The van der Waals surface area contributed by atoms with E-state index in [0.29, 0.717) is 35.5 Å². The summed E-state index contributed by atoms with van der Waals surface area (Å²) in [6, 6.07) is 0. The van der Waals surface area contributed by atoms with Gasteiger partial charge in [-0.2, -0.15) is 0 Å². The molecule has 4 heteroatoms. The summed E-state index contributed by atoms with van der Waals surface area (Å²) >= 11 is 0. The summed E-state index contributed by atoms with van der Waals surface area (Å²) in [6.07, 6.45) is 10.2. The Kier molecular flexibility index (Phi) is 4.64. The summed E-state index contributed by atoms with van der Waals surface area (Å²) in [5, 5.41) is 21.9. The summed E-state index contributed by atoms with van der Waals surface area (Å²) in [6.45, 7) is 10.3. The van der Waals surface area contributed by atoms with Crippen molar-refractivity contribution in [2.24, 2.45) is 46.3 Å². The van der Waals surface area contributed by atoms with Gasteiger partial charge in [0, 0.05) is 12.3 Å². The Hall–Kier alpha value is -0.420. The Morgan fingerprint density at radius 1 is 1.06 bits per heavy atom. The average Bonchev–Trinajstić information content (AvgIpc) is 3.15. The van der Waals surface area contributed by atoms with Crippen LogP contribution < -0.4 is 0 Å². The van der Waals surface area contributed by atoms with E-state index in [4.69, 9.17) is 9.47 Å². The van der Waals surface area contributed by atoms with Gasteiger partial charge in [-0.05, 0) is 85.4 Å². The number of fused-ring (bicyclic) bond motifs is 7. The number of hydrogen-bond donors (Lipinski definition) is 2. The Labute approximate surface area is 187 Å². The fourth-order valence-corrected chi connectivity index (χ4v) is 9.79. The smallest absolute Gasteiger partial charge is 0.171 e. The van der Waals surface area contributed by atoms with E-state index < -0.39 is 0 Å². The highest BCUT2D eigenvalue weighted by atomic mass is 16.7. The topological polar surface area (TPSA) is 58.9 Å². The molecule has 0 radical (unpaired) electrons. The van der Waals surface area contributed by atoms with Crippen molar-refractivity contribution in [3.05, 3.63) is 11.6 Å². The van der Waals surface area contributed by atoms with Crippen LogP contribution in [0.5, 0.6) is 0 Å². The molecular weight excluding hydrogens is 388 g/mol. The van der Waals surface area contributed by atoms with E-state index in [0.717, 1.165) is 51.6 Å². The van der Waals surface area contributed by atoms with Crippen LogP contribution in [0.2, 0.25) is 0 Å². The standard InChI is InChI=1S/C27H42O4/c1-15-7-10-27(30-14-15)16(2)23-22(31-27)12-20-19-6-5-17-11-18(28)8-9-25(17,3)24(19)21(29)13-26(20,23)4/h5,15-16,18-24,28-29H,6-14H2,1-4H3/t15-,16+,18+,19+,20+,21-,22+,23+,24-,25+,26+,27-/m1/s1. The highest BCUT2D eigenvalue weighted by Gasteiger charge is 2.70. The maximum Gasteiger partial charge on any atom is 0.171 e. The Balaban J connectivity index is 1.31. The SMILES string of the molecule is C[C@@H]1CC[C@@]2(OC1)O[C@H]1C[C@H]3[C@@H]4CC=C5C[C@@H](O)CC[C@]5(C)[C@H]4[C@H](O)C[C@]3(C)[C@H]1[C@@H]2C. The summed E-state index contributed by atoms with van der Waals surface area (Å²) in [5.41, 5.74) is 1.59. The van der Waals surface area contributed by atoms with Crippen LogP contribution in [0.1, 0.15) is 79.1 Å². The minimum absolute atomic E-state index is 0.0525. The monoisotopic (exact) mass is 430 g/mol. The van der Waals surface area contributed by atoms with E-state index in [-0.39, 0.29) is 34.9 Å². The minimum atomic E-state index is -0.386. The van der Waals surface area contributed by atoms with E-state index in [1.165, 1.54) is 12.0 Å².